The maximum Gasteiger partial charge on any atom is 0.230 e. The number of ether oxygens (including phenoxy) is 1. The number of rotatable bonds is 7. The predicted molar refractivity (Wildman–Crippen MR) is 88.6 cm³/mol. The van der Waals surface area contributed by atoms with Crippen molar-refractivity contribution in [3.05, 3.63) is 35.1 Å². The SMILES string of the molecule is CC(Sc1nnc(COc2ccccc2Cl)n1C1CC1)C(N)=O. The van der Waals surface area contributed by atoms with E-state index >= 15 is 0 Å². The molecule has 0 radical (unpaired) electrons. The highest BCUT2D eigenvalue weighted by molar-refractivity contribution is 8.00. The molecule has 1 unspecified atom stereocenters. The smallest absolute Gasteiger partial charge is 0.230 e. The topological polar surface area (TPSA) is 83.0 Å². The molecule has 0 saturated heterocycles. The van der Waals surface area contributed by atoms with Crippen LogP contribution in [-0.4, -0.2) is 25.9 Å². The van der Waals surface area contributed by atoms with E-state index in [1.165, 1.54) is 11.8 Å². The number of para-hydroxylation sites is 1. The van der Waals surface area contributed by atoms with Crippen LogP contribution in [0.5, 0.6) is 5.75 Å². The number of thioether (sulfide) groups is 1. The highest BCUT2D eigenvalue weighted by Gasteiger charge is 2.31. The Labute approximate surface area is 143 Å². The number of amides is 1. The van der Waals surface area contributed by atoms with Gasteiger partial charge in [0.15, 0.2) is 11.0 Å². The first kappa shape index (κ1) is 16.1. The average Bonchev–Trinajstić information content (AvgIpc) is 3.28. The Balaban J connectivity index is 1.76. The summed E-state index contributed by atoms with van der Waals surface area (Å²) in [6.45, 7) is 2.04. The Morgan fingerprint density at radius 2 is 2.22 bits per heavy atom. The quantitative estimate of drug-likeness (QED) is 0.775. The van der Waals surface area contributed by atoms with Crippen LogP contribution in [-0.2, 0) is 11.4 Å². The van der Waals surface area contributed by atoms with Crippen molar-refractivity contribution in [1.82, 2.24) is 14.8 Å². The summed E-state index contributed by atoms with van der Waals surface area (Å²) in [6, 6.07) is 7.67. The number of benzene rings is 1. The molecule has 1 heterocycles. The van der Waals surface area contributed by atoms with Crippen molar-refractivity contribution in [1.29, 1.82) is 0 Å². The van der Waals surface area contributed by atoms with Gasteiger partial charge < -0.3 is 10.5 Å². The highest BCUT2D eigenvalue weighted by Crippen LogP contribution is 2.39. The maximum absolute atomic E-state index is 11.3. The Morgan fingerprint density at radius 1 is 1.48 bits per heavy atom. The zero-order valence-electron chi connectivity index (χ0n) is 12.6. The van der Waals surface area contributed by atoms with Gasteiger partial charge in [0.05, 0.1) is 10.3 Å². The predicted octanol–water partition coefficient (Wildman–Crippen LogP) is 2.81. The number of carbonyl (C=O) groups excluding carboxylic acids is 1. The molecule has 1 aliphatic rings. The Hall–Kier alpha value is -1.73. The molecule has 122 valence electrons. The molecule has 3 rings (SSSR count). The fourth-order valence-electron chi connectivity index (χ4n) is 2.11. The van der Waals surface area contributed by atoms with Gasteiger partial charge in [-0.25, -0.2) is 0 Å². The van der Waals surface area contributed by atoms with E-state index in [0.717, 1.165) is 18.7 Å². The summed E-state index contributed by atoms with van der Waals surface area (Å²) in [7, 11) is 0. The summed E-state index contributed by atoms with van der Waals surface area (Å²) < 4.78 is 7.79. The van der Waals surface area contributed by atoms with Crippen LogP contribution in [0.3, 0.4) is 0 Å². The van der Waals surface area contributed by atoms with E-state index in [2.05, 4.69) is 10.2 Å². The lowest BCUT2D eigenvalue weighted by molar-refractivity contribution is -0.117. The van der Waals surface area contributed by atoms with Crippen molar-refractivity contribution < 1.29 is 9.53 Å². The van der Waals surface area contributed by atoms with Gasteiger partial charge in [0.2, 0.25) is 5.91 Å². The summed E-state index contributed by atoms with van der Waals surface area (Å²) >= 11 is 7.42. The number of hydrogen-bond donors (Lipinski definition) is 1. The number of aromatic nitrogens is 3. The monoisotopic (exact) mass is 352 g/mol. The van der Waals surface area contributed by atoms with Crippen molar-refractivity contribution >= 4 is 29.3 Å². The molecule has 6 nitrogen and oxygen atoms in total. The first-order valence-electron chi connectivity index (χ1n) is 7.33. The van der Waals surface area contributed by atoms with Crippen LogP contribution in [0, 0.1) is 0 Å². The van der Waals surface area contributed by atoms with Crippen molar-refractivity contribution in [3.63, 3.8) is 0 Å². The third-order valence-corrected chi connectivity index (χ3v) is 4.91. The molecule has 0 bridgehead atoms. The van der Waals surface area contributed by atoms with Gasteiger partial charge in [-0.1, -0.05) is 35.5 Å². The van der Waals surface area contributed by atoms with Crippen LogP contribution in [0.25, 0.3) is 0 Å². The number of nitrogens with zero attached hydrogens (tertiary/aromatic N) is 3. The average molecular weight is 353 g/mol. The van der Waals surface area contributed by atoms with Crippen molar-refractivity contribution in [2.24, 2.45) is 5.73 Å². The summed E-state index contributed by atoms with van der Waals surface area (Å²) in [4.78, 5) is 11.3. The zero-order chi connectivity index (χ0) is 16.4. The standard InChI is InChI=1S/C15H17ClN4O2S/c1-9(14(17)21)23-15-19-18-13(20(15)10-6-7-10)8-22-12-5-3-2-4-11(12)16/h2-5,9-10H,6-8H2,1H3,(H2,17,21). The Kier molecular flexibility index (Phi) is 4.77. The lowest BCUT2D eigenvalue weighted by Crippen LogP contribution is -2.23. The third kappa shape index (κ3) is 3.79. The van der Waals surface area contributed by atoms with Gasteiger partial charge in [0.25, 0.3) is 0 Å². The zero-order valence-corrected chi connectivity index (χ0v) is 14.2. The van der Waals surface area contributed by atoms with E-state index in [9.17, 15) is 4.79 Å². The molecular weight excluding hydrogens is 336 g/mol. The molecule has 2 N–H and O–H groups in total. The largest absolute Gasteiger partial charge is 0.484 e. The molecule has 1 amide bonds. The molecule has 0 aliphatic heterocycles. The third-order valence-electron chi connectivity index (χ3n) is 3.52. The molecule has 1 saturated carbocycles. The number of primary amides is 1. The summed E-state index contributed by atoms with van der Waals surface area (Å²) in [6.07, 6.45) is 2.16. The molecule has 1 aromatic heterocycles. The molecule has 23 heavy (non-hydrogen) atoms. The number of hydrogen-bond acceptors (Lipinski definition) is 5. The van der Waals surface area contributed by atoms with Crippen molar-refractivity contribution in [3.8, 4) is 5.75 Å². The summed E-state index contributed by atoms with van der Waals surface area (Å²) in [5.74, 6) is 0.972. The first-order chi connectivity index (χ1) is 11.1. The van der Waals surface area contributed by atoms with Gasteiger partial charge in [-0.3, -0.25) is 9.36 Å². The van der Waals surface area contributed by atoms with Gasteiger partial charge in [0.1, 0.15) is 12.4 Å². The Bertz CT molecular complexity index is 717. The van der Waals surface area contributed by atoms with E-state index in [0.29, 0.717) is 22.0 Å². The second-order valence-electron chi connectivity index (χ2n) is 5.38. The van der Waals surface area contributed by atoms with Crippen LogP contribution >= 0.6 is 23.4 Å². The summed E-state index contributed by atoms with van der Waals surface area (Å²) in [5.41, 5.74) is 5.33. The number of carbonyl (C=O) groups is 1. The van der Waals surface area contributed by atoms with Gasteiger partial charge in [-0.05, 0) is 31.9 Å². The van der Waals surface area contributed by atoms with Crippen LogP contribution in [0.2, 0.25) is 5.02 Å². The van der Waals surface area contributed by atoms with Crippen LogP contribution in [0.1, 0.15) is 31.6 Å². The minimum atomic E-state index is -0.366. The van der Waals surface area contributed by atoms with E-state index in [4.69, 9.17) is 22.1 Å². The van der Waals surface area contributed by atoms with Gasteiger partial charge in [0, 0.05) is 6.04 Å². The van der Waals surface area contributed by atoms with Gasteiger partial charge in [-0.15, -0.1) is 10.2 Å². The molecule has 1 atom stereocenters. The normalized spacial score (nSPS) is 15.4. The minimum absolute atomic E-state index is 0.277. The lowest BCUT2D eigenvalue weighted by Gasteiger charge is -2.12. The first-order valence-corrected chi connectivity index (χ1v) is 8.59. The van der Waals surface area contributed by atoms with Crippen LogP contribution in [0.4, 0.5) is 0 Å². The second kappa shape index (κ2) is 6.80. The number of halogens is 1. The second-order valence-corrected chi connectivity index (χ2v) is 7.10. The van der Waals surface area contributed by atoms with Crippen LogP contribution < -0.4 is 10.5 Å². The fourth-order valence-corrected chi connectivity index (χ4v) is 3.18. The molecular formula is C15H17ClN4O2S. The molecule has 1 fully saturated rings. The molecule has 1 aliphatic carbocycles. The molecule has 1 aromatic carbocycles. The van der Waals surface area contributed by atoms with Gasteiger partial charge in [-0.2, -0.15) is 0 Å². The minimum Gasteiger partial charge on any atom is -0.484 e. The van der Waals surface area contributed by atoms with Crippen molar-refractivity contribution in [2.75, 3.05) is 0 Å². The van der Waals surface area contributed by atoms with E-state index in [1.807, 2.05) is 22.8 Å². The molecule has 0 spiro atoms. The van der Waals surface area contributed by atoms with Crippen LogP contribution in [0.15, 0.2) is 29.4 Å². The highest BCUT2D eigenvalue weighted by atomic mass is 35.5. The molecule has 8 heteroatoms. The van der Waals surface area contributed by atoms with Crippen molar-refractivity contribution in [2.45, 2.75) is 42.8 Å². The van der Waals surface area contributed by atoms with E-state index in [1.54, 1.807) is 13.0 Å². The van der Waals surface area contributed by atoms with E-state index in [-0.39, 0.29) is 17.8 Å². The maximum atomic E-state index is 11.3. The fraction of sp³-hybridized carbons (Fsp3) is 0.400. The lowest BCUT2D eigenvalue weighted by atomic mass is 10.3. The summed E-state index contributed by atoms with van der Waals surface area (Å²) in [5, 5.41) is 9.31. The van der Waals surface area contributed by atoms with Gasteiger partial charge >= 0.3 is 0 Å². The van der Waals surface area contributed by atoms with E-state index < -0.39 is 0 Å². The number of nitrogens with two attached hydrogens (primary N) is 1. The molecule has 2 aromatic rings. The Morgan fingerprint density at radius 3 is 2.87 bits per heavy atom.